The minimum atomic E-state index is 0.800. The summed E-state index contributed by atoms with van der Waals surface area (Å²) in [6, 6.07) is 1.68. The van der Waals surface area contributed by atoms with Crippen molar-refractivity contribution in [1.29, 1.82) is 0 Å². The Hall–Kier alpha value is -0.0800. The summed E-state index contributed by atoms with van der Waals surface area (Å²) in [6.45, 7) is 6.21. The van der Waals surface area contributed by atoms with E-state index in [1.54, 1.807) is 0 Å². The molecule has 0 radical (unpaired) electrons. The smallest absolute Gasteiger partial charge is 0.0110 e. The van der Waals surface area contributed by atoms with Gasteiger partial charge in [0.05, 0.1) is 0 Å². The molecular weight excluding hydrogens is 220 g/mol. The summed E-state index contributed by atoms with van der Waals surface area (Å²) in [7, 11) is 0. The number of nitrogens with one attached hydrogen (secondary N) is 1. The molecule has 2 heteroatoms. The fourth-order valence-corrected chi connectivity index (χ4v) is 3.67. The second-order valence-electron chi connectivity index (χ2n) is 6.28. The van der Waals surface area contributed by atoms with Crippen LogP contribution in [0.3, 0.4) is 0 Å². The molecule has 0 amide bonds. The Kier molecular flexibility index (Phi) is 6.50. The lowest BCUT2D eigenvalue weighted by atomic mass is 9.89. The molecule has 1 saturated carbocycles. The zero-order valence-corrected chi connectivity index (χ0v) is 12.3. The van der Waals surface area contributed by atoms with Gasteiger partial charge in [0.2, 0.25) is 0 Å². The first kappa shape index (κ1) is 14.3. The van der Waals surface area contributed by atoms with E-state index in [2.05, 4.69) is 17.1 Å². The molecule has 1 aliphatic carbocycles. The largest absolute Gasteiger partial charge is 0.314 e. The van der Waals surface area contributed by atoms with E-state index in [9.17, 15) is 0 Å². The van der Waals surface area contributed by atoms with E-state index in [0.717, 1.165) is 12.1 Å². The highest BCUT2D eigenvalue weighted by atomic mass is 15.2. The van der Waals surface area contributed by atoms with Crippen LogP contribution in [-0.2, 0) is 0 Å². The van der Waals surface area contributed by atoms with Crippen LogP contribution in [0.2, 0.25) is 0 Å². The third-order valence-corrected chi connectivity index (χ3v) is 4.74. The number of hydrogen-bond acceptors (Lipinski definition) is 2. The minimum absolute atomic E-state index is 0.800. The third-order valence-electron chi connectivity index (χ3n) is 4.74. The Morgan fingerprint density at radius 1 is 0.944 bits per heavy atom. The molecule has 1 heterocycles. The van der Waals surface area contributed by atoms with E-state index >= 15 is 0 Å². The van der Waals surface area contributed by atoms with Gasteiger partial charge >= 0.3 is 0 Å². The Balaban J connectivity index is 1.78. The van der Waals surface area contributed by atoms with E-state index in [1.165, 1.54) is 83.8 Å². The molecule has 2 atom stereocenters. The van der Waals surface area contributed by atoms with Gasteiger partial charge in [0.1, 0.15) is 0 Å². The van der Waals surface area contributed by atoms with Crippen LogP contribution in [0.1, 0.15) is 71.1 Å². The average Bonchev–Trinajstić information content (AvgIpc) is 2.36. The van der Waals surface area contributed by atoms with Crippen LogP contribution < -0.4 is 5.32 Å². The lowest BCUT2D eigenvalue weighted by Crippen LogP contribution is -2.45. The Labute approximate surface area is 114 Å². The molecule has 0 spiro atoms. The van der Waals surface area contributed by atoms with Crippen molar-refractivity contribution in [2.45, 2.75) is 83.2 Å². The zero-order chi connectivity index (χ0) is 12.6. The van der Waals surface area contributed by atoms with Crippen molar-refractivity contribution in [2.75, 3.05) is 19.6 Å². The Morgan fingerprint density at radius 2 is 1.67 bits per heavy atom. The third kappa shape index (κ3) is 4.55. The van der Waals surface area contributed by atoms with Crippen LogP contribution in [0.4, 0.5) is 0 Å². The van der Waals surface area contributed by atoms with Gasteiger partial charge in [0.15, 0.2) is 0 Å². The van der Waals surface area contributed by atoms with Crippen LogP contribution in [0.25, 0.3) is 0 Å². The molecule has 0 bridgehead atoms. The fraction of sp³-hybridized carbons (Fsp3) is 1.00. The molecule has 1 saturated heterocycles. The molecule has 0 aromatic rings. The zero-order valence-electron chi connectivity index (χ0n) is 12.3. The van der Waals surface area contributed by atoms with Crippen LogP contribution in [0.15, 0.2) is 0 Å². The van der Waals surface area contributed by atoms with Gasteiger partial charge in [0.25, 0.3) is 0 Å². The van der Waals surface area contributed by atoms with E-state index in [0.29, 0.717) is 0 Å². The van der Waals surface area contributed by atoms with Gasteiger partial charge in [-0.15, -0.1) is 0 Å². The summed E-state index contributed by atoms with van der Waals surface area (Å²) in [6.07, 6.45) is 14.2. The molecule has 1 N–H and O–H groups in total. The lowest BCUT2D eigenvalue weighted by molar-refractivity contribution is 0.128. The van der Waals surface area contributed by atoms with Crippen LogP contribution in [-0.4, -0.2) is 36.6 Å². The minimum Gasteiger partial charge on any atom is -0.314 e. The van der Waals surface area contributed by atoms with Crippen molar-refractivity contribution >= 4 is 0 Å². The molecule has 0 aromatic heterocycles. The Morgan fingerprint density at radius 3 is 2.39 bits per heavy atom. The van der Waals surface area contributed by atoms with E-state index < -0.39 is 0 Å². The Bertz CT molecular complexity index is 209. The summed E-state index contributed by atoms with van der Waals surface area (Å²) in [5.74, 6) is 0. The summed E-state index contributed by atoms with van der Waals surface area (Å²) in [5.41, 5.74) is 0. The van der Waals surface area contributed by atoms with Crippen molar-refractivity contribution in [3.63, 3.8) is 0 Å². The predicted molar refractivity (Wildman–Crippen MR) is 79.0 cm³/mol. The van der Waals surface area contributed by atoms with Gasteiger partial charge < -0.3 is 10.2 Å². The molecule has 2 rings (SSSR count). The highest BCUT2D eigenvalue weighted by molar-refractivity contribution is 4.84. The van der Waals surface area contributed by atoms with E-state index in [1.807, 2.05) is 0 Å². The van der Waals surface area contributed by atoms with Crippen molar-refractivity contribution < 1.29 is 0 Å². The monoisotopic (exact) mass is 252 g/mol. The predicted octanol–water partition coefficient (Wildman–Crippen LogP) is 3.56. The normalized spacial score (nSPS) is 31.8. The van der Waals surface area contributed by atoms with Gasteiger partial charge in [-0.1, -0.05) is 32.6 Å². The summed E-state index contributed by atoms with van der Waals surface area (Å²) in [5, 5.41) is 3.74. The highest BCUT2D eigenvalue weighted by Crippen LogP contribution is 2.25. The average molecular weight is 252 g/mol. The molecule has 2 aliphatic rings. The second kappa shape index (κ2) is 8.16. The summed E-state index contributed by atoms with van der Waals surface area (Å²) >= 11 is 0. The molecule has 2 nitrogen and oxygen atoms in total. The molecule has 18 heavy (non-hydrogen) atoms. The second-order valence-corrected chi connectivity index (χ2v) is 6.28. The van der Waals surface area contributed by atoms with Gasteiger partial charge in [0, 0.05) is 12.1 Å². The molecular formula is C16H32N2. The van der Waals surface area contributed by atoms with Gasteiger partial charge in [-0.2, -0.15) is 0 Å². The first-order chi connectivity index (χ1) is 8.90. The maximum atomic E-state index is 3.74. The maximum Gasteiger partial charge on any atom is 0.0110 e. The first-order valence-corrected chi connectivity index (χ1v) is 8.37. The molecule has 1 aliphatic heterocycles. The summed E-state index contributed by atoms with van der Waals surface area (Å²) in [4.78, 5) is 2.82. The molecule has 106 valence electrons. The van der Waals surface area contributed by atoms with Crippen molar-refractivity contribution in [2.24, 2.45) is 0 Å². The topological polar surface area (TPSA) is 15.3 Å². The van der Waals surface area contributed by atoms with E-state index in [4.69, 9.17) is 0 Å². The number of nitrogens with zero attached hydrogens (tertiary/aromatic N) is 1. The maximum absolute atomic E-state index is 3.74. The van der Waals surface area contributed by atoms with Crippen LogP contribution in [0, 0.1) is 0 Å². The van der Waals surface area contributed by atoms with Gasteiger partial charge in [-0.3, -0.25) is 0 Å². The SMILES string of the molecule is CCCNC1CCCC(N2CCCCCCC2)C1. The van der Waals surface area contributed by atoms with Crippen molar-refractivity contribution in [3.05, 3.63) is 0 Å². The fourth-order valence-electron chi connectivity index (χ4n) is 3.67. The van der Waals surface area contributed by atoms with Gasteiger partial charge in [-0.05, 0) is 58.2 Å². The van der Waals surface area contributed by atoms with E-state index in [-0.39, 0.29) is 0 Å². The van der Waals surface area contributed by atoms with Gasteiger partial charge in [-0.25, -0.2) is 0 Å². The quantitative estimate of drug-likeness (QED) is 0.823. The number of likely N-dealkylation sites (tertiary alicyclic amines) is 1. The standard InChI is InChI=1S/C16H32N2/c1-2-11-17-15-9-8-10-16(14-15)18-12-6-4-3-5-7-13-18/h15-17H,2-14H2,1H3. The summed E-state index contributed by atoms with van der Waals surface area (Å²) < 4.78 is 0. The van der Waals surface area contributed by atoms with Crippen molar-refractivity contribution in [3.8, 4) is 0 Å². The number of hydrogen-bond donors (Lipinski definition) is 1. The highest BCUT2D eigenvalue weighted by Gasteiger charge is 2.26. The lowest BCUT2D eigenvalue weighted by Gasteiger charge is -2.38. The molecule has 2 fully saturated rings. The van der Waals surface area contributed by atoms with Crippen LogP contribution in [0.5, 0.6) is 0 Å². The van der Waals surface area contributed by atoms with Crippen molar-refractivity contribution in [1.82, 2.24) is 10.2 Å². The molecule has 0 aromatic carbocycles. The van der Waals surface area contributed by atoms with Crippen LogP contribution >= 0.6 is 0 Å². The molecule has 2 unspecified atom stereocenters. The number of rotatable bonds is 4. The first-order valence-electron chi connectivity index (χ1n) is 8.37.